The molecule has 1 aromatic carbocycles. The first kappa shape index (κ1) is 16.1. The Kier molecular flexibility index (Phi) is 4.57. The Bertz CT molecular complexity index is 571. The average molecular weight is 330 g/mol. The number of fused-ring (bicyclic) bond motifs is 2. The fourth-order valence-corrected chi connectivity index (χ4v) is 4.95. The predicted molar refractivity (Wildman–Crippen MR) is 97.4 cm³/mol. The van der Waals surface area contributed by atoms with Gasteiger partial charge in [-0.15, -0.1) is 0 Å². The lowest BCUT2D eigenvalue weighted by Crippen LogP contribution is -2.42. The molecule has 1 aliphatic heterocycles. The van der Waals surface area contributed by atoms with Gasteiger partial charge in [0.1, 0.15) is 12.0 Å². The quantitative estimate of drug-likeness (QED) is 0.655. The van der Waals surface area contributed by atoms with Crippen LogP contribution >= 0.6 is 0 Å². The number of methoxy groups -OCH3 is 1. The van der Waals surface area contributed by atoms with E-state index in [0.717, 1.165) is 41.3 Å². The van der Waals surface area contributed by atoms with Crippen LogP contribution in [-0.4, -0.2) is 24.5 Å². The summed E-state index contributed by atoms with van der Waals surface area (Å²) in [4.78, 5) is 0. The van der Waals surface area contributed by atoms with Crippen LogP contribution in [0.5, 0.6) is 5.75 Å². The van der Waals surface area contributed by atoms with Crippen LogP contribution in [-0.2, 0) is 0 Å². The first-order chi connectivity index (χ1) is 11.7. The summed E-state index contributed by atoms with van der Waals surface area (Å²) < 4.78 is 5.24. The van der Waals surface area contributed by atoms with Crippen molar-refractivity contribution in [3.8, 4) is 5.75 Å². The van der Waals surface area contributed by atoms with Crippen LogP contribution in [0.3, 0.4) is 0 Å². The van der Waals surface area contributed by atoms with E-state index in [9.17, 15) is 5.11 Å². The van der Waals surface area contributed by atoms with Crippen molar-refractivity contribution < 1.29 is 9.84 Å². The Morgan fingerprint density at radius 3 is 2.62 bits per heavy atom. The van der Waals surface area contributed by atoms with Gasteiger partial charge in [0.05, 0.1) is 24.5 Å². The molecular formula is C20H30N2O2. The molecule has 0 saturated heterocycles. The third-order valence-corrected chi connectivity index (χ3v) is 6.42. The van der Waals surface area contributed by atoms with Gasteiger partial charge in [-0.2, -0.15) is 0 Å². The SMILES string of the molecule is COc1ccc2c(c1)NC(O)C(CCCCC[C@H]1CC3CC1C3)N2. The summed E-state index contributed by atoms with van der Waals surface area (Å²) >= 11 is 0. The highest BCUT2D eigenvalue weighted by Gasteiger charge is 2.43. The molecule has 0 amide bonds. The zero-order chi connectivity index (χ0) is 16.5. The van der Waals surface area contributed by atoms with E-state index in [4.69, 9.17) is 4.74 Å². The largest absolute Gasteiger partial charge is 0.497 e. The molecule has 24 heavy (non-hydrogen) atoms. The minimum Gasteiger partial charge on any atom is -0.497 e. The van der Waals surface area contributed by atoms with Crippen LogP contribution in [0.1, 0.15) is 51.4 Å². The number of benzene rings is 1. The van der Waals surface area contributed by atoms with E-state index in [1.165, 1.54) is 44.9 Å². The van der Waals surface area contributed by atoms with Crippen molar-refractivity contribution in [1.29, 1.82) is 0 Å². The summed E-state index contributed by atoms with van der Waals surface area (Å²) in [6.45, 7) is 0. The monoisotopic (exact) mass is 330 g/mol. The number of aliphatic hydroxyl groups excluding tert-OH is 1. The normalized spacial score (nSPS) is 33.2. The second kappa shape index (κ2) is 6.83. The molecule has 3 saturated carbocycles. The molecule has 0 spiro atoms. The molecular weight excluding hydrogens is 300 g/mol. The summed E-state index contributed by atoms with van der Waals surface area (Å²) in [6.07, 6.45) is 10.3. The van der Waals surface area contributed by atoms with Gasteiger partial charge in [-0.1, -0.05) is 25.7 Å². The standard InChI is InChI=1S/C20H30N2O2/c1-24-16-7-8-17-19(12-16)22-20(23)18(21-17)6-4-2-3-5-14-9-13-10-15(14)11-13/h7-8,12-15,18,20-23H,2-6,9-11H2,1H3/t13?,14-,15?,18?,20?/m0/s1. The lowest BCUT2D eigenvalue weighted by molar-refractivity contribution is 0.171. The Balaban J connectivity index is 1.20. The van der Waals surface area contributed by atoms with Crippen molar-refractivity contribution in [2.45, 2.75) is 63.6 Å². The van der Waals surface area contributed by atoms with Gasteiger partial charge in [0, 0.05) is 6.07 Å². The second-order valence-electron chi connectivity index (χ2n) is 7.98. The predicted octanol–water partition coefficient (Wildman–Crippen LogP) is 4.22. The molecule has 3 fully saturated rings. The molecule has 132 valence electrons. The lowest BCUT2D eigenvalue weighted by atomic mass is 9.81. The van der Waals surface area contributed by atoms with Crippen LogP contribution in [0.15, 0.2) is 18.2 Å². The van der Waals surface area contributed by atoms with E-state index < -0.39 is 6.23 Å². The van der Waals surface area contributed by atoms with Gasteiger partial charge in [-0.3, -0.25) is 0 Å². The third-order valence-electron chi connectivity index (χ3n) is 6.42. The van der Waals surface area contributed by atoms with Gasteiger partial charge in [0.2, 0.25) is 0 Å². The Morgan fingerprint density at radius 1 is 1.04 bits per heavy atom. The van der Waals surface area contributed by atoms with Crippen molar-refractivity contribution >= 4 is 11.4 Å². The number of unbranched alkanes of at least 4 members (excludes halogenated alkanes) is 2. The minimum absolute atomic E-state index is 0.0881. The van der Waals surface area contributed by atoms with Gasteiger partial charge in [0.15, 0.2) is 0 Å². The zero-order valence-electron chi connectivity index (χ0n) is 14.6. The van der Waals surface area contributed by atoms with E-state index >= 15 is 0 Å². The molecule has 0 aromatic heterocycles. The number of anilines is 2. The van der Waals surface area contributed by atoms with Crippen molar-refractivity contribution in [2.24, 2.45) is 17.8 Å². The maximum atomic E-state index is 10.3. The molecule has 2 bridgehead atoms. The van der Waals surface area contributed by atoms with E-state index in [-0.39, 0.29) is 6.04 Å². The summed E-state index contributed by atoms with van der Waals surface area (Å²) in [5.41, 5.74) is 1.97. The van der Waals surface area contributed by atoms with Crippen molar-refractivity contribution in [1.82, 2.24) is 0 Å². The van der Waals surface area contributed by atoms with Crippen LogP contribution < -0.4 is 15.4 Å². The Hall–Kier alpha value is -1.42. The minimum atomic E-state index is -0.535. The van der Waals surface area contributed by atoms with Crippen LogP contribution in [0, 0.1) is 17.8 Å². The number of rotatable bonds is 7. The molecule has 1 heterocycles. The number of hydrogen-bond donors (Lipinski definition) is 3. The van der Waals surface area contributed by atoms with Crippen molar-refractivity contribution in [2.75, 3.05) is 17.7 Å². The molecule has 2 unspecified atom stereocenters. The molecule has 3 N–H and O–H groups in total. The fraction of sp³-hybridized carbons (Fsp3) is 0.700. The summed E-state index contributed by atoms with van der Waals surface area (Å²) in [5, 5.41) is 17.0. The Morgan fingerprint density at radius 2 is 1.88 bits per heavy atom. The summed E-state index contributed by atoms with van der Waals surface area (Å²) in [5.74, 6) is 4.01. The van der Waals surface area contributed by atoms with Gasteiger partial charge < -0.3 is 20.5 Å². The highest BCUT2D eigenvalue weighted by atomic mass is 16.5. The molecule has 5 rings (SSSR count). The summed E-state index contributed by atoms with van der Waals surface area (Å²) in [6, 6.07) is 5.99. The van der Waals surface area contributed by atoms with Crippen LogP contribution in [0.25, 0.3) is 0 Å². The van der Waals surface area contributed by atoms with Crippen LogP contribution in [0.2, 0.25) is 0 Å². The average Bonchev–Trinajstić information content (AvgIpc) is 3.13. The van der Waals surface area contributed by atoms with E-state index in [0.29, 0.717) is 0 Å². The van der Waals surface area contributed by atoms with E-state index in [2.05, 4.69) is 10.6 Å². The Labute approximate surface area is 145 Å². The molecule has 0 radical (unpaired) electrons. The lowest BCUT2D eigenvalue weighted by Gasteiger charge is -2.33. The topological polar surface area (TPSA) is 53.5 Å². The van der Waals surface area contributed by atoms with E-state index in [1.807, 2.05) is 18.2 Å². The first-order valence-electron chi connectivity index (χ1n) is 9.62. The van der Waals surface area contributed by atoms with Crippen LogP contribution in [0.4, 0.5) is 11.4 Å². The van der Waals surface area contributed by atoms with Crippen molar-refractivity contribution in [3.63, 3.8) is 0 Å². The smallest absolute Gasteiger partial charge is 0.144 e. The molecule has 3 aliphatic carbocycles. The molecule has 3 atom stereocenters. The highest BCUT2D eigenvalue weighted by Crippen LogP contribution is 2.54. The third kappa shape index (κ3) is 3.21. The number of aliphatic hydroxyl groups is 1. The van der Waals surface area contributed by atoms with Gasteiger partial charge >= 0.3 is 0 Å². The molecule has 4 aliphatic rings. The molecule has 4 heteroatoms. The van der Waals surface area contributed by atoms with Crippen molar-refractivity contribution in [3.05, 3.63) is 18.2 Å². The molecule has 1 aromatic rings. The summed E-state index contributed by atoms with van der Waals surface area (Å²) in [7, 11) is 1.66. The zero-order valence-corrected chi connectivity index (χ0v) is 14.6. The number of ether oxygens (including phenoxy) is 1. The van der Waals surface area contributed by atoms with E-state index in [1.54, 1.807) is 7.11 Å². The first-order valence-corrected chi connectivity index (χ1v) is 9.62. The van der Waals surface area contributed by atoms with Gasteiger partial charge in [-0.25, -0.2) is 0 Å². The number of hydrogen-bond acceptors (Lipinski definition) is 4. The fourth-order valence-electron chi connectivity index (χ4n) is 4.95. The van der Waals surface area contributed by atoms with Gasteiger partial charge in [-0.05, 0) is 55.6 Å². The second-order valence-corrected chi connectivity index (χ2v) is 7.98. The maximum Gasteiger partial charge on any atom is 0.144 e. The maximum absolute atomic E-state index is 10.3. The molecule has 4 nitrogen and oxygen atoms in total. The highest BCUT2D eigenvalue weighted by molar-refractivity contribution is 5.73. The van der Waals surface area contributed by atoms with Gasteiger partial charge in [0.25, 0.3) is 0 Å². The number of nitrogens with one attached hydrogen (secondary N) is 2.